The number of carboxylic acid groups (broad SMARTS) is 1. The summed E-state index contributed by atoms with van der Waals surface area (Å²) in [5, 5.41) is 15.2. The standard InChI is InChI=1S/C17H9F3N4O2S/c18-17(19,20)12-7-6-10-13(9-4-2-1-3-5-9)23-24(14(10)22-12)16-21-11(8-27-16)15(25)26/h1-8H,(H,25,26). The smallest absolute Gasteiger partial charge is 0.433 e. The molecule has 0 bridgehead atoms. The first-order chi connectivity index (χ1) is 12.8. The summed E-state index contributed by atoms with van der Waals surface area (Å²) in [5.41, 5.74) is -0.204. The Morgan fingerprint density at radius 3 is 2.44 bits per heavy atom. The summed E-state index contributed by atoms with van der Waals surface area (Å²) in [6.45, 7) is 0. The molecule has 0 saturated carbocycles. The second-order valence-corrected chi connectivity index (χ2v) is 6.35. The molecule has 0 radical (unpaired) electrons. The molecule has 0 saturated heterocycles. The molecule has 0 aliphatic heterocycles. The molecule has 0 spiro atoms. The molecule has 4 rings (SSSR count). The molecule has 0 amide bonds. The molecule has 3 aromatic heterocycles. The van der Waals surface area contributed by atoms with Gasteiger partial charge in [0.1, 0.15) is 11.4 Å². The molecule has 0 unspecified atom stereocenters. The Balaban J connectivity index is 1.99. The van der Waals surface area contributed by atoms with Crippen LogP contribution < -0.4 is 0 Å². The Morgan fingerprint density at radius 1 is 1.07 bits per heavy atom. The van der Waals surface area contributed by atoms with Crippen molar-refractivity contribution < 1.29 is 23.1 Å². The molecular weight excluding hydrogens is 381 g/mol. The van der Waals surface area contributed by atoms with Gasteiger partial charge in [0, 0.05) is 16.3 Å². The van der Waals surface area contributed by atoms with E-state index in [-0.39, 0.29) is 16.5 Å². The molecule has 0 aliphatic rings. The van der Waals surface area contributed by atoms with Gasteiger partial charge in [-0.2, -0.15) is 23.0 Å². The quantitative estimate of drug-likeness (QED) is 0.565. The summed E-state index contributed by atoms with van der Waals surface area (Å²) in [6.07, 6.45) is -4.62. The molecule has 0 aliphatic carbocycles. The van der Waals surface area contributed by atoms with Crippen molar-refractivity contribution in [2.24, 2.45) is 0 Å². The fourth-order valence-electron chi connectivity index (χ4n) is 2.56. The summed E-state index contributed by atoms with van der Waals surface area (Å²) in [7, 11) is 0. The van der Waals surface area contributed by atoms with Crippen LogP contribution in [0.1, 0.15) is 16.2 Å². The molecule has 0 atom stereocenters. The fraction of sp³-hybridized carbons (Fsp3) is 0.0588. The van der Waals surface area contributed by atoms with E-state index in [0.29, 0.717) is 16.6 Å². The number of benzene rings is 1. The zero-order valence-electron chi connectivity index (χ0n) is 13.3. The molecule has 6 nitrogen and oxygen atoms in total. The first-order valence-corrected chi connectivity index (χ1v) is 8.44. The third-order valence-electron chi connectivity index (χ3n) is 3.76. The van der Waals surface area contributed by atoms with Crippen LogP contribution in [-0.2, 0) is 6.18 Å². The minimum absolute atomic E-state index is 0.0463. The second-order valence-electron chi connectivity index (χ2n) is 5.51. The van der Waals surface area contributed by atoms with Crippen LogP contribution in [0, 0.1) is 0 Å². The van der Waals surface area contributed by atoms with Crippen molar-refractivity contribution in [1.29, 1.82) is 0 Å². The number of hydrogen-bond donors (Lipinski definition) is 1. The summed E-state index contributed by atoms with van der Waals surface area (Å²) in [6, 6.07) is 11.1. The molecule has 1 N–H and O–H groups in total. The lowest BCUT2D eigenvalue weighted by Gasteiger charge is -2.05. The minimum atomic E-state index is -4.62. The maximum atomic E-state index is 13.1. The zero-order valence-corrected chi connectivity index (χ0v) is 14.1. The number of aromatic nitrogens is 4. The SMILES string of the molecule is O=C(O)c1csc(-n2nc(-c3ccccc3)c3ccc(C(F)(F)F)nc32)n1. The average Bonchev–Trinajstić information content (AvgIpc) is 3.26. The highest BCUT2D eigenvalue weighted by molar-refractivity contribution is 7.12. The van der Waals surface area contributed by atoms with Gasteiger partial charge in [-0.15, -0.1) is 11.3 Å². The summed E-state index contributed by atoms with van der Waals surface area (Å²) >= 11 is 0.955. The summed E-state index contributed by atoms with van der Waals surface area (Å²) < 4.78 is 40.5. The lowest BCUT2D eigenvalue weighted by Crippen LogP contribution is -2.09. The highest BCUT2D eigenvalue weighted by Crippen LogP contribution is 2.33. The van der Waals surface area contributed by atoms with Crippen molar-refractivity contribution in [2.45, 2.75) is 6.18 Å². The predicted molar refractivity (Wildman–Crippen MR) is 91.9 cm³/mol. The molecule has 0 fully saturated rings. The van der Waals surface area contributed by atoms with E-state index in [1.165, 1.54) is 11.4 Å². The van der Waals surface area contributed by atoms with E-state index in [4.69, 9.17) is 5.11 Å². The topological polar surface area (TPSA) is 80.9 Å². The van der Waals surface area contributed by atoms with E-state index >= 15 is 0 Å². The highest BCUT2D eigenvalue weighted by Gasteiger charge is 2.33. The fourth-order valence-corrected chi connectivity index (χ4v) is 3.30. The number of halogens is 3. The number of nitrogens with zero attached hydrogens (tertiary/aromatic N) is 4. The number of aromatic carboxylic acids is 1. The van der Waals surface area contributed by atoms with E-state index in [1.807, 2.05) is 6.07 Å². The van der Waals surface area contributed by atoms with Crippen LogP contribution in [0.4, 0.5) is 13.2 Å². The van der Waals surface area contributed by atoms with Crippen LogP contribution in [-0.4, -0.2) is 30.8 Å². The van der Waals surface area contributed by atoms with Gasteiger partial charge in [0.2, 0.25) is 5.13 Å². The number of thiazole rings is 1. The van der Waals surface area contributed by atoms with Crippen LogP contribution in [0.2, 0.25) is 0 Å². The lowest BCUT2D eigenvalue weighted by molar-refractivity contribution is -0.141. The number of carboxylic acids is 1. The van der Waals surface area contributed by atoms with E-state index < -0.39 is 17.8 Å². The van der Waals surface area contributed by atoms with Gasteiger partial charge < -0.3 is 5.11 Å². The largest absolute Gasteiger partial charge is 0.476 e. The Kier molecular flexibility index (Phi) is 3.92. The van der Waals surface area contributed by atoms with Gasteiger partial charge in [-0.3, -0.25) is 0 Å². The summed E-state index contributed by atoms with van der Waals surface area (Å²) in [4.78, 5) is 18.7. The maximum absolute atomic E-state index is 13.1. The van der Waals surface area contributed by atoms with Crippen molar-refractivity contribution in [2.75, 3.05) is 0 Å². The maximum Gasteiger partial charge on any atom is 0.433 e. The van der Waals surface area contributed by atoms with Crippen LogP contribution in [0.25, 0.3) is 27.4 Å². The average molecular weight is 390 g/mol. The van der Waals surface area contributed by atoms with Gasteiger partial charge in [0.05, 0.1) is 0 Å². The normalized spacial score (nSPS) is 11.8. The van der Waals surface area contributed by atoms with Gasteiger partial charge in [-0.25, -0.2) is 14.8 Å². The van der Waals surface area contributed by atoms with Crippen molar-refractivity contribution >= 4 is 28.3 Å². The molecule has 1 aromatic carbocycles. The Bertz CT molecular complexity index is 1150. The van der Waals surface area contributed by atoms with Crippen LogP contribution in [0.15, 0.2) is 47.8 Å². The van der Waals surface area contributed by atoms with Gasteiger partial charge in [0.25, 0.3) is 0 Å². The third kappa shape index (κ3) is 3.04. The first-order valence-electron chi connectivity index (χ1n) is 7.56. The number of alkyl halides is 3. The van der Waals surface area contributed by atoms with Gasteiger partial charge in [-0.05, 0) is 12.1 Å². The Morgan fingerprint density at radius 2 is 1.81 bits per heavy atom. The van der Waals surface area contributed by atoms with E-state index in [0.717, 1.165) is 22.1 Å². The monoisotopic (exact) mass is 390 g/mol. The number of rotatable bonds is 3. The van der Waals surface area contributed by atoms with Gasteiger partial charge in [0.15, 0.2) is 11.3 Å². The Labute approximate surface area is 153 Å². The summed E-state index contributed by atoms with van der Waals surface area (Å²) in [5.74, 6) is -1.24. The van der Waals surface area contributed by atoms with Crippen molar-refractivity contribution in [1.82, 2.24) is 19.7 Å². The van der Waals surface area contributed by atoms with Crippen LogP contribution >= 0.6 is 11.3 Å². The van der Waals surface area contributed by atoms with E-state index in [9.17, 15) is 18.0 Å². The zero-order chi connectivity index (χ0) is 19.2. The number of hydrogen-bond acceptors (Lipinski definition) is 5. The van der Waals surface area contributed by atoms with Crippen molar-refractivity contribution in [3.63, 3.8) is 0 Å². The predicted octanol–water partition coefficient (Wildman–Crippen LogP) is 4.26. The second kappa shape index (κ2) is 6.16. The molecular formula is C17H9F3N4O2S. The molecule has 27 heavy (non-hydrogen) atoms. The first kappa shape index (κ1) is 17.2. The van der Waals surface area contributed by atoms with Gasteiger partial charge in [-0.1, -0.05) is 30.3 Å². The number of carbonyl (C=O) groups is 1. The number of fused-ring (bicyclic) bond motifs is 1. The molecule has 10 heteroatoms. The van der Waals surface area contributed by atoms with Crippen LogP contribution in [0.5, 0.6) is 0 Å². The third-order valence-corrected chi connectivity index (χ3v) is 4.58. The van der Waals surface area contributed by atoms with Crippen molar-refractivity contribution in [3.8, 4) is 16.4 Å². The van der Waals surface area contributed by atoms with Gasteiger partial charge >= 0.3 is 12.1 Å². The molecule has 3 heterocycles. The van der Waals surface area contributed by atoms with Crippen LogP contribution in [0.3, 0.4) is 0 Å². The molecule has 136 valence electrons. The lowest BCUT2D eigenvalue weighted by atomic mass is 10.1. The van der Waals surface area contributed by atoms with E-state index in [1.54, 1.807) is 24.3 Å². The minimum Gasteiger partial charge on any atom is -0.476 e. The molecule has 4 aromatic rings. The van der Waals surface area contributed by atoms with E-state index in [2.05, 4.69) is 15.1 Å². The highest BCUT2D eigenvalue weighted by atomic mass is 32.1. The Hall–Kier alpha value is -3.27. The number of pyridine rings is 1. The van der Waals surface area contributed by atoms with Crippen molar-refractivity contribution in [3.05, 3.63) is 59.2 Å².